The normalized spacial score (nSPS) is 15.2. The van der Waals surface area contributed by atoms with E-state index in [2.05, 4.69) is 20.7 Å². The molecule has 0 radical (unpaired) electrons. The van der Waals surface area contributed by atoms with Gasteiger partial charge in [-0.15, -0.1) is 0 Å². The lowest BCUT2D eigenvalue weighted by molar-refractivity contribution is 0.171. The Labute approximate surface area is 146 Å². The summed E-state index contributed by atoms with van der Waals surface area (Å²) in [5, 5.41) is 0. The van der Waals surface area contributed by atoms with Crippen molar-refractivity contribution in [3.8, 4) is 23.0 Å². The molecule has 4 rings (SSSR count). The van der Waals surface area contributed by atoms with E-state index in [1.807, 2.05) is 0 Å². The van der Waals surface area contributed by atoms with Crippen LogP contribution in [0.5, 0.6) is 23.0 Å². The fraction of sp³-hybridized carbons (Fsp3) is 0.200. The minimum absolute atomic E-state index is 0.0596. The third-order valence-corrected chi connectivity index (χ3v) is 5.85. The Hall–Kier alpha value is -2.13. The fourth-order valence-electron chi connectivity index (χ4n) is 2.42. The molecule has 2 aliphatic heterocycles. The highest BCUT2D eigenvalue weighted by Gasteiger charge is 2.24. The summed E-state index contributed by atoms with van der Waals surface area (Å²) >= 11 is 3.27. The van der Waals surface area contributed by atoms with E-state index in [9.17, 15) is 8.42 Å². The second-order valence-corrected chi connectivity index (χ2v) is 7.60. The van der Waals surface area contributed by atoms with E-state index in [-0.39, 0.29) is 11.7 Å². The number of nitrogens with one attached hydrogen (secondary N) is 1. The van der Waals surface area contributed by atoms with E-state index in [4.69, 9.17) is 18.9 Å². The third kappa shape index (κ3) is 2.73. The van der Waals surface area contributed by atoms with Crippen molar-refractivity contribution in [1.29, 1.82) is 0 Å². The second-order valence-electron chi connectivity index (χ2n) is 5.10. The van der Waals surface area contributed by atoms with Crippen molar-refractivity contribution in [2.45, 2.75) is 4.90 Å². The SMILES string of the molecule is O=S(=O)(Nc1ccc2c(c1)OCO2)c1cc2c(cc1Br)OCCO2. The number of rotatable bonds is 3. The van der Waals surface area contributed by atoms with Crippen molar-refractivity contribution in [3.63, 3.8) is 0 Å². The molecular weight excluding hydrogens is 402 g/mol. The van der Waals surface area contributed by atoms with Gasteiger partial charge in [0.1, 0.15) is 18.1 Å². The number of hydrogen-bond donors (Lipinski definition) is 1. The number of hydrogen-bond acceptors (Lipinski definition) is 6. The molecule has 0 aromatic heterocycles. The van der Waals surface area contributed by atoms with Gasteiger partial charge in [0.15, 0.2) is 23.0 Å². The summed E-state index contributed by atoms with van der Waals surface area (Å²) in [6.07, 6.45) is 0. The molecule has 2 aromatic carbocycles. The molecule has 0 aliphatic carbocycles. The molecule has 0 unspecified atom stereocenters. The van der Waals surface area contributed by atoms with Crippen molar-refractivity contribution in [2.75, 3.05) is 24.7 Å². The van der Waals surface area contributed by atoms with Crippen LogP contribution in [0.1, 0.15) is 0 Å². The molecule has 126 valence electrons. The molecule has 2 aromatic rings. The molecule has 0 bridgehead atoms. The van der Waals surface area contributed by atoms with Crippen LogP contribution in [0.15, 0.2) is 39.7 Å². The topological polar surface area (TPSA) is 83.1 Å². The van der Waals surface area contributed by atoms with Gasteiger partial charge in [-0.2, -0.15) is 0 Å². The Kier molecular flexibility index (Phi) is 3.69. The number of benzene rings is 2. The summed E-state index contributed by atoms with van der Waals surface area (Å²) in [6.45, 7) is 0.934. The van der Waals surface area contributed by atoms with Crippen LogP contribution in [0.2, 0.25) is 0 Å². The number of sulfonamides is 1. The number of fused-ring (bicyclic) bond motifs is 2. The van der Waals surface area contributed by atoms with Gasteiger partial charge in [-0.25, -0.2) is 8.42 Å². The van der Waals surface area contributed by atoms with Crippen molar-refractivity contribution in [3.05, 3.63) is 34.8 Å². The van der Waals surface area contributed by atoms with Gasteiger partial charge in [0.25, 0.3) is 10.0 Å². The number of ether oxygens (including phenoxy) is 4. The summed E-state index contributed by atoms with van der Waals surface area (Å²) in [7, 11) is -3.82. The lowest BCUT2D eigenvalue weighted by atomic mass is 10.3. The van der Waals surface area contributed by atoms with Crippen LogP contribution in [0.3, 0.4) is 0 Å². The molecule has 0 saturated carbocycles. The molecular formula is C15H12BrNO6S. The summed E-state index contributed by atoms with van der Waals surface area (Å²) in [5.74, 6) is 1.99. The Morgan fingerprint density at radius 1 is 0.875 bits per heavy atom. The van der Waals surface area contributed by atoms with Crippen molar-refractivity contribution < 1.29 is 27.4 Å². The first-order chi connectivity index (χ1) is 11.5. The van der Waals surface area contributed by atoms with E-state index < -0.39 is 10.0 Å². The lowest BCUT2D eigenvalue weighted by Gasteiger charge is -2.20. The van der Waals surface area contributed by atoms with Gasteiger partial charge in [0.2, 0.25) is 6.79 Å². The molecule has 2 heterocycles. The van der Waals surface area contributed by atoms with Gasteiger partial charge in [-0.3, -0.25) is 4.72 Å². The first kappa shape index (κ1) is 15.4. The minimum Gasteiger partial charge on any atom is -0.486 e. The number of anilines is 1. The fourth-order valence-corrected chi connectivity index (χ4v) is 4.51. The molecule has 7 nitrogen and oxygen atoms in total. The summed E-state index contributed by atoms with van der Waals surface area (Å²) in [5.41, 5.74) is 0.376. The summed E-state index contributed by atoms with van der Waals surface area (Å²) in [6, 6.07) is 7.86. The largest absolute Gasteiger partial charge is 0.486 e. The van der Waals surface area contributed by atoms with Gasteiger partial charge in [0.05, 0.1) is 5.69 Å². The highest BCUT2D eigenvalue weighted by atomic mass is 79.9. The van der Waals surface area contributed by atoms with Gasteiger partial charge in [0, 0.05) is 16.6 Å². The Morgan fingerprint density at radius 2 is 1.54 bits per heavy atom. The predicted molar refractivity (Wildman–Crippen MR) is 88.5 cm³/mol. The zero-order chi connectivity index (χ0) is 16.7. The molecule has 0 saturated heterocycles. The molecule has 2 aliphatic rings. The summed E-state index contributed by atoms with van der Waals surface area (Å²) in [4.78, 5) is 0.0596. The van der Waals surface area contributed by atoms with Crippen molar-refractivity contribution in [1.82, 2.24) is 0 Å². The van der Waals surface area contributed by atoms with Crippen LogP contribution in [-0.2, 0) is 10.0 Å². The smallest absolute Gasteiger partial charge is 0.263 e. The molecule has 1 N–H and O–H groups in total. The van der Waals surface area contributed by atoms with Gasteiger partial charge < -0.3 is 18.9 Å². The van der Waals surface area contributed by atoms with E-state index >= 15 is 0 Å². The maximum absolute atomic E-state index is 12.7. The highest BCUT2D eigenvalue weighted by molar-refractivity contribution is 9.10. The molecule has 9 heteroatoms. The predicted octanol–water partition coefficient (Wildman–Crippen LogP) is 2.75. The maximum Gasteiger partial charge on any atom is 0.263 e. The maximum atomic E-state index is 12.7. The van der Waals surface area contributed by atoms with Crippen LogP contribution >= 0.6 is 15.9 Å². The van der Waals surface area contributed by atoms with Crippen LogP contribution in [0.4, 0.5) is 5.69 Å². The third-order valence-electron chi connectivity index (χ3n) is 3.51. The molecule has 24 heavy (non-hydrogen) atoms. The quantitative estimate of drug-likeness (QED) is 0.832. The van der Waals surface area contributed by atoms with Crippen molar-refractivity contribution >= 4 is 31.6 Å². The zero-order valence-electron chi connectivity index (χ0n) is 12.2. The second kappa shape index (κ2) is 5.75. The van der Waals surface area contributed by atoms with Crippen LogP contribution < -0.4 is 23.7 Å². The first-order valence-corrected chi connectivity index (χ1v) is 9.32. The van der Waals surface area contributed by atoms with Gasteiger partial charge in [-0.05, 0) is 34.1 Å². The first-order valence-electron chi connectivity index (χ1n) is 7.04. The average molecular weight is 414 g/mol. The van der Waals surface area contributed by atoms with E-state index in [1.165, 1.54) is 6.07 Å². The van der Waals surface area contributed by atoms with E-state index in [0.29, 0.717) is 46.4 Å². The van der Waals surface area contributed by atoms with Crippen molar-refractivity contribution in [2.24, 2.45) is 0 Å². The standard InChI is InChI=1S/C15H12BrNO6S/c16-10-6-13-14(21-4-3-20-13)7-15(10)24(18,19)17-9-1-2-11-12(5-9)23-8-22-11/h1-2,5-7,17H,3-4,8H2. The molecule has 0 amide bonds. The van der Waals surface area contributed by atoms with Crippen LogP contribution in [0, 0.1) is 0 Å². The minimum atomic E-state index is -3.82. The van der Waals surface area contributed by atoms with Crippen LogP contribution in [0.25, 0.3) is 0 Å². The highest BCUT2D eigenvalue weighted by Crippen LogP contribution is 2.39. The Balaban J connectivity index is 1.67. The monoisotopic (exact) mass is 413 g/mol. The van der Waals surface area contributed by atoms with Gasteiger partial charge in [-0.1, -0.05) is 0 Å². The van der Waals surface area contributed by atoms with E-state index in [1.54, 1.807) is 24.3 Å². The summed E-state index contributed by atoms with van der Waals surface area (Å²) < 4.78 is 49.7. The Morgan fingerprint density at radius 3 is 2.33 bits per heavy atom. The van der Waals surface area contributed by atoms with Gasteiger partial charge >= 0.3 is 0 Å². The zero-order valence-corrected chi connectivity index (χ0v) is 14.6. The Bertz CT molecular complexity index is 914. The molecule has 0 atom stereocenters. The van der Waals surface area contributed by atoms with E-state index in [0.717, 1.165) is 0 Å². The molecule has 0 spiro atoms. The van der Waals surface area contributed by atoms with Crippen LogP contribution in [-0.4, -0.2) is 28.4 Å². The average Bonchev–Trinajstić information content (AvgIpc) is 3.01. The lowest BCUT2D eigenvalue weighted by Crippen LogP contribution is -2.18. The number of halogens is 1. The molecule has 0 fully saturated rings.